The van der Waals surface area contributed by atoms with Gasteiger partial charge in [0.25, 0.3) is 0 Å². The zero-order valence-electron chi connectivity index (χ0n) is 30.4. The summed E-state index contributed by atoms with van der Waals surface area (Å²) < 4.78 is 6.74. The highest BCUT2D eigenvalue weighted by atomic mass is 16.3. The van der Waals surface area contributed by atoms with Gasteiger partial charge in [-0.1, -0.05) is 123 Å². The topological polar surface area (TPSA) is 19.6 Å². The standard InChI is InChI=1S/C50H35BN2O/c1-30-24-39-36-29-47-38(37-26-33-14-7-8-15-34(33)27-46(37)54-47)28-44(36)53(35-22-20-32(21-23-35)31-12-5-4-6-13-31)51-42-18-11-17-41-49(42)52(45(25-30)48(39)51)43-19-10-9-16-40(43)50(41,2)3/h4-29H,1-3H3. The monoisotopic (exact) mass is 690 g/mol. The van der Waals surface area contributed by atoms with Crippen LogP contribution in [0.4, 0.5) is 28.4 Å². The maximum atomic E-state index is 6.74. The van der Waals surface area contributed by atoms with Crippen LogP contribution in [0.25, 0.3) is 55.0 Å². The van der Waals surface area contributed by atoms with Crippen molar-refractivity contribution in [2.24, 2.45) is 0 Å². The molecule has 3 nitrogen and oxygen atoms in total. The van der Waals surface area contributed by atoms with Crippen molar-refractivity contribution in [2.75, 3.05) is 9.71 Å². The van der Waals surface area contributed by atoms with Crippen molar-refractivity contribution >= 4 is 78.9 Å². The average molecular weight is 691 g/mol. The number of fused-ring (bicyclic) bond motifs is 10. The molecule has 0 saturated heterocycles. The number of benzene rings is 8. The molecule has 254 valence electrons. The van der Waals surface area contributed by atoms with Crippen LogP contribution in [0, 0.1) is 6.92 Å². The number of furan rings is 1. The third kappa shape index (κ3) is 3.92. The lowest BCUT2D eigenvalue weighted by molar-refractivity contribution is 0.632. The lowest BCUT2D eigenvalue weighted by Gasteiger charge is -2.50. The molecule has 8 aromatic carbocycles. The van der Waals surface area contributed by atoms with Gasteiger partial charge < -0.3 is 14.1 Å². The van der Waals surface area contributed by atoms with E-state index in [1.54, 1.807) is 0 Å². The van der Waals surface area contributed by atoms with Gasteiger partial charge in [0.1, 0.15) is 11.2 Å². The van der Waals surface area contributed by atoms with Crippen molar-refractivity contribution in [1.29, 1.82) is 0 Å². The van der Waals surface area contributed by atoms with Crippen molar-refractivity contribution < 1.29 is 4.42 Å². The minimum absolute atomic E-state index is 0.0469. The van der Waals surface area contributed by atoms with Crippen LogP contribution in [0.15, 0.2) is 162 Å². The summed E-state index contributed by atoms with van der Waals surface area (Å²) in [7, 11) is 0. The number of nitrogens with zero attached hydrogens (tertiary/aromatic N) is 2. The molecule has 54 heavy (non-hydrogen) atoms. The SMILES string of the molecule is Cc1cc2c3c(c1)N1c4ccccc4C(C)(C)c4cccc(c41)B3N(c1ccc(-c3ccccc3)cc1)c1cc3c(cc1-2)oc1cc2ccccc2cc13. The molecule has 4 heteroatoms. The Morgan fingerprint density at radius 3 is 2.06 bits per heavy atom. The quantitative estimate of drug-likeness (QED) is 0.168. The highest BCUT2D eigenvalue weighted by Crippen LogP contribution is 2.55. The lowest BCUT2D eigenvalue weighted by Crippen LogP contribution is -2.62. The Morgan fingerprint density at radius 2 is 1.22 bits per heavy atom. The molecule has 0 saturated carbocycles. The molecule has 3 aliphatic heterocycles. The first-order valence-corrected chi connectivity index (χ1v) is 19.0. The van der Waals surface area contributed by atoms with Crippen LogP contribution < -0.4 is 20.6 Å². The Morgan fingerprint density at radius 1 is 0.537 bits per heavy atom. The molecular formula is C50H35BN2O. The average Bonchev–Trinajstić information content (AvgIpc) is 3.55. The number of anilines is 5. The highest BCUT2D eigenvalue weighted by Gasteiger charge is 2.49. The first-order chi connectivity index (χ1) is 26.4. The Bertz CT molecular complexity index is 3050. The van der Waals surface area contributed by atoms with E-state index in [0.29, 0.717) is 0 Å². The zero-order valence-corrected chi connectivity index (χ0v) is 30.4. The summed E-state index contributed by atoms with van der Waals surface area (Å²) in [5, 5.41) is 4.69. The second-order valence-electron chi connectivity index (χ2n) is 15.8. The van der Waals surface area contributed by atoms with E-state index < -0.39 is 0 Å². The van der Waals surface area contributed by atoms with Crippen molar-refractivity contribution in [3.05, 3.63) is 174 Å². The van der Waals surface area contributed by atoms with Gasteiger partial charge >= 0.3 is 6.85 Å². The number of hydrogen-bond acceptors (Lipinski definition) is 3. The Balaban J connectivity index is 1.19. The molecule has 0 N–H and O–H groups in total. The van der Waals surface area contributed by atoms with Crippen LogP contribution in [0.3, 0.4) is 0 Å². The first-order valence-electron chi connectivity index (χ1n) is 19.0. The molecular weight excluding hydrogens is 655 g/mol. The van der Waals surface area contributed by atoms with Crippen LogP contribution in [0.1, 0.15) is 30.5 Å². The smallest absolute Gasteiger partial charge is 0.333 e. The van der Waals surface area contributed by atoms with E-state index in [1.165, 1.54) is 83.4 Å². The number of aryl methyl sites for hydroxylation is 1. The molecule has 0 radical (unpaired) electrons. The van der Waals surface area contributed by atoms with Gasteiger partial charge in [0.15, 0.2) is 0 Å². The van der Waals surface area contributed by atoms with Crippen molar-refractivity contribution in [2.45, 2.75) is 26.2 Å². The molecule has 1 aromatic heterocycles. The van der Waals surface area contributed by atoms with Gasteiger partial charge in [-0.3, -0.25) is 0 Å². The van der Waals surface area contributed by atoms with Gasteiger partial charge in [-0.25, -0.2) is 0 Å². The van der Waals surface area contributed by atoms with E-state index in [-0.39, 0.29) is 12.3 Å². The predicted molar refractivity (Wildman–Crippen MR) is 227 cm³/mol. The second kappa shape index (κ2) is 10.5. The fourth-order valence-corrected chi connectivity index (χ4v) is 9.93. The Hall–Kier alpha value is -6.52. The summed E-state index contributed by atoms with van der Waals surface area (Å²) in [6, 6.07) is 58.5. The summed E-state index contributed by atoms with van der Waals surface area (Å²) >= 11 is 0. The summed E-state index contributed by atoms with van der Waals surface area (Å²) in [5.74, 6) is 0. The van der Waals surface area contributed by atoms with E-state index in [0.717, 1.165) is 27.6 Å². The zero-order chi connectivity index (χ0) is 35.9. The third-order valence-corrected chi connectivity index (χ3v) is 12.4. The van der Waals surface area contributed by atoms with Crippen molar-refractivity contribution in [1.82, 2.24) is 0 Å². The lowest BCUT2D eigenvalue weighted by atomic mass is 9.42. The fraction of sp³-hybridized carbons (Fsp3) is 0.0800. The van der Waals surface area contributed by atoms with Gasteiger partial charge in [-0.15, -0.1) is 0 Å². The molecule has 0 amide bonds. The van der Waals surface area contributed by atoms with Gasteiger partial charge in [0.2, 0.25) is 0 Å². The summed E-state index contributed by atoms with van der Waals surface area (Å²) in [6.07, 6.45) is 0. The van der Waals surface area contributed by atoms with E-state index in [4.69, 9.17) is 4.42 Å². The minimum Gasteiger partial charge on any atom is -0.456 e. The van der Waals surface area contributed by atoms with E-state index in [1.807, 2.05) is 0 Å². The van der Waals surface area contributed by atoms with Crippen molar-refractivity contribution in [3.8, 4) is 22.3 Å². The molecule has 0 fully saturated rings. The van der Waals surface area contributed by atoms with Gasteiger partial charge in [0, 0.05) is 44.5 Å². The number of para-hydroxylation sites is 2. The Kier molecular flexibility index (Phi) is 5.86. The van der Waals surface area contributed by atoms with Crippen LogP contribution in [-0.4, -0.2) is 6.85 Å². The molecule has 3 aliphatic rings. The van der Waals surface area contributed by atoms with E-state index in [2.05, 4.69) is 188 Å². The molecule has 0 unspecified atom stereocenters. The minimum atomic E-state index is -0.165. The molecule has 0 atom stereocenters. The predicted octanol–water partition coefficient (Wildman–Crippen LogP) is 12.1. The summed E-state index contributed by atoms with van der Waals surface area (Å²) in [6.45, 7) is 6.97. The largest absolute Gasteiger partial charge is 0.456 e. The summed E-state index contributed by atoms with van der Waals surface area (Å²) in [4.78, 5) is 5.19. The number of rotatable bonds is 2. The normalized spacial score (nSPS) is 14.6. The highest BCUT2D eigenvalue weighted by molar-refractivity contribution is 6.93. The Labute approximate surface area is 314 Å². The molecule has 0 spiro atoms. The third-order valence-electron chi connectivity index (χ3n) is 12.4. The molecule has 0 aliphatic carbocycles. The fourth-order valence-electron chi connectivity index (χ4n) is 9.93. The molecule has 0 bridgehead atoms. The maximum Gasteiger partial charge on any atom is 0.333 e. The van der Waals surface area contributed by atoms with E-state index >= 15 is 0 Å². The molecule has 12 rings (SSSR count). The van der Waals surface area contributed by atoms with Gasteiger partial charge in [-0.05, 0) is 111 Å². The number of hydrogen-bond donors (Lipinski definition) is 0. The van der Waals surface area contributed by atoms with Crippen LogP contribution in [-0.2, 0) is 5.41 Å². The van der Waals surface area contributed by atoms with Gasteiger partial charge in [0.05, 0.1) is 5.69 Å². The first kappa shape index (κ1) is 30.0. The second-order valence-corrected chi connectivity index (χ2v) is 15.8. The van der Waals surface area contributed by atoms with Crippen LogP contribution in [0.2, 0.25) is 0 Å². The molecule has 4 heterocycles. The van der Waals surface area contributed by atoms with Crippen LogP contribution >= 0.6 is 0 Å². The molecule has 9 aromatic rings. The van der Waals surface area contributed by atoms with Crippen molar-refractivity contribution in [3.63, 3.8) is 0 Å². The summed E-state index contributed by atoms with van der Waals surface area (Å²) in [5.41, 5.74) is 19.4. The van der Waals surface area contributed by atoms with Gasteiger partial charge in [-0.2, -0.15) is 0 Å². The maximum absolute atomic E-state index is 6.74. The van der Waals surface area contributed by atoms with E-state index in [9.17, 15) is 0 Å². The van der Waals surface area contributed by atoms with Crippen LogP contribution in [0.5, 0.6) is 0 Å².